The molecule has 9 heteroatoms. The lowest BCUT2D eigenvalue weighted by atomic mass is 9.95. The number of hydrogen-bond acceptors (Lipinski definition) is 5. The van der Waals surface area contributed by atoms with Gasteiger partial charge in [0.15, 0.2) is 0 Å². The molecule has 1 heterocycles. The number of para-hydroxylation sites is 1. The second-order valence-electron chi connectivity index (χ2n) is 7.78. The van der Waals surface area contributed by atoms with Crippen molar-refractivity contribution in [3.63, 3.8) is 0 Å². The molecule has 1 N–H and O–H groups in total. The Morgan fingerprint density at radius 2 is 1.79 bits per heavy atom. The molecule has 0 unspecified atom stereocenters. The Bertz CT molecular complexity index is 1190. The molecule has 0 saturated carbocycles. The molecule has 3 rings (SSSR count). The molecule has 156 valence electrons. The van der Waals surface area contributed by atoms with E-state index in [0.29, 0.717) is 17.7 Å². The van der Waals surface area contributed by atoms with Gasteiger partial charge in [0.05, 0.1) is 27.4 Å². The van der Waals surface area contributed by atoms with Crippen molar-refractivity contribution in [2.45, 2.75) is 39.0 Å². The molecule has 1 saturated heterocycles. The van der Waals surface area contributed by atoms with E-state index in [9.17, 15) is 21.6 Å². The highest BCUT2D eigenvalue weighted by molar-refractivity contribution is 7.94. The van der Waals surface area contributed by atoms with E-state index in [1.54, 1.807) is 32.9 Å². The van der Waals surface area contributed by atoms with Crippen molar-refractivity contribution >= 4 is 37.3 Å². The van der Waals surface area contributed by atoms with E-state index in [1.165, 1.54) is 18.2 Å². The number of rotatable bonds is 5. The van der Waals surface area contributed by atoms with Gasteiger partial charge in [-0.05, 0) is 62.6 Å². The molecule has 1 fully saturated rings. The maximum absolute atomic E-state index is 12.9. The number of benzene rings is 2. The van der Waals surface area contributed by atoms with Crippen molar-refractivity contribution in [3.05, 3.63) is 53.6 Å². The minimum absolute atomic E-state index is 0.0236. The van der Waals surface area contributed by atoms with Crippen LogP contribution in [0.25, 0.3) is 0 Å². The molecule has 7 nitrogen and oxygen atoms in total. The molecule has 0 atom stereocenters. The predicted octanol–water partition coefficient (Wildman–Crippen LogP) is 3.06. The minimum Gasteiger partial charge on any atom is -0.279 e. The number of nitrogens with one attached hydrogen (secondary N) is 1. The zero-order chi connectivity index (χ0) is 21.6. The van der Waals surface area contributed by atoms with Crippen LogP contribution in [0.2, 0.25) is 0 Å². The third kappa shape index (κ3) is 3.89. The summed E-state index contributed by atoms with van der Waals surface area (Å²) >= 11 is 0. The van der Waals surface area contributed by atoms with Crippen LogP contribution in [0.3, 0.4) is 0 Å². The standard InChI is InChI=1S/C20H24N2O5S2/c1-5-15-8-6-7-9-17(15)21-29(26,27)18-11-10-16(12-14(18)2)22-19(23)20(3,4)13-28(22,24)25/h6-12,21H,5,13H2,1-4H3. The fourth-order valence-corrected chi connectivity index (χ4v) is 6.88. The summed E-state index contributed by atoms with van der Waals surface area (Å²) in [5, 5.41) is 0. The average molecular weight is 437 g/mol. The van der Waals surface area contributed by atoms with Crippen molar-refractivity contribution in [3.8, 4) is 0 Å². The number of anilines is 2. The molecule has 0 radical (unpaired) electrons. The Morgan fingerprint density at radius 3 is 2.34 bits per heavy atom. The first-order valence-corrected chi connectivity index (χ1v) is 12.3. The number of carbonyl (C=O) groups excluding carboxylic acids is 1. The Labute approximate surface area is 171 Å². The van der Waals surface area contributed by atoms with E-state index in [-0.39, 0.29) is 16.3 Å². The van der Waals surface area contributed by atoms with Gasteiger partial charge in [0.1, 0.15) is 0 Å². The van der Waals surface area contributed by atoms with Crippen LogP contribution >= 0.6 is 0 Å². The summed E-state index contributed by atoms with van der Waals surface area (Å²) in [7, 11) is -7.69. The molecule has 0 bridgehead atoms. The zero-order valence-corrected chi connectivity index (χ0v) is 18.4. The molecule has 0 aromatic heterocycles. The number of aryl methyl sites for hydroxylation is 2. The summed E-state index contributed by atoms with van der Waals surface area (Å²) in [6, 6.07) is 11.2. The van der Waals surface area contributed by atoms with Crippen molar-refractivity contribution in [1.82, 2.24) is 0 Å². The van der Waals surface area contributed by atoms with Gasteiger partial charge < -0.3 is 0 Å². The lowest BCUT2D eigenvalue weighted by Gasteiger charge is -2.19. The SMILES string of the molecule is CCc1ccccc1NS(=O)(=O)c1ccc(N2C(=O)C(C)(C)CS2(=O)=O)cc1C. The Hall–Kier alpha value is -2.39. The van der Waals surface area contributed by atoms with Gasteiger partial charge in [-0.1, -0.05) is 25.1 Å². The average Bonchev–Trinajstić information content (AvgIpc) is 2.77. The van der Waals surface area contributed by atoms with Gasteiger partial charge in [0.2, 0.25) is 15.9 Å². The summed E-state index contributed by atoms with van der Waals surface area (Å²) in [6.07, 6.45) is 0.668. The van der Waals surface area contributed by atoms with Crippen LogP contribution < -0.4 is 9.03 Å². The van der Waals surface area contributed by atoms with Gasteiger partial charge in [-0.3, -0.25) is 9.52 Å². The van der Waals surface area contributed by atoms with E-state index < -0.39 is 31.4 Å². The summed E-state index contributed by atoms with van der Waals surface area (Å²) in [4.78, 5) is 12.6. The highest BCUT2D eigenvalue weighted by atomic mass is 32.2. The molecule has 1 amide bonds. The van der Waals surface area contributed by atoms with Gasteiger partial charge >= 0.3 is 0 Å². The first-order chi connectivity index (χ1) is 13.4. The van der Waals surface area contributed by atoms with Crippen LogP contribution in [0, 0.1) is 12.3 Å². The molecular weight excluding hydrogens is 412 g/mol. The first kappa shape index (κ1) is 21.3. The van der Waals surface area contributed by atoms with Gasteiger partial charge in [-0.2, -0.15) is 0 Å². The summed E-state index contributed by atoms with van der Waals surface area (Å²) in [6.45, 7) is 6.66. The Kier molecular flexibility index (Phi) is 5.25. The smallest absolute Gasteiger partial charge is 0.262 e. The van der Waals surface area contributed by atoms with Gasteiger partial charge in [0.25, 0.3) is 10.0 Å². The summed E-state index contributed by atoms with van der Waals surface area (Å²) < 4.78 is 54.1. The summed E-state index contributed by atoms with van der Waals surface area (Å²) in [5.41, 5.74) is 0.824. The third-order valence-electron chi connectivity index (χ3n) is 4.91. The minimum atomic E-state index is -3.88. The van der Waals surface area contributed by atoms with Crippen molar-refractivity contribution in [2.75, 3.05) is 14.8 Å². The Morgan fingerprint density at radius 1 is 1.14 bits per heavy atom. The fraction of sp³-hybridized carbons (Fsp3) is 0.350. The summed E-state index contributed by atoms with van der Waals surface area (Å²) in [5.74, 6) is -0.810. The van der Waals surface area contributed by atoms with Crippen LogP contribution in [0.1, 0.15) is 31.9 Å². The molecule has 1 aliphatic rings. The highest BCUT2D eigenvalue weighted by Gasteiger charge is 2.50. The highest BCUT2D eigenvalue weighted by Crippen LogP contribution is 2.37. The zero-order valence-electron chi connectivity index (χ0n) is 16.8. The van der Waals surface area contributed by atoms with Crippen LogP contribution in [0.5, 0.6) is 0 Å². The Balaban J connectivity index is 1.99. The maximum Gasteiger partial charge on any atom is 0.262 e. The van der Waals surface area contributed by atoms with Crippen molar-refractivity contribution in [2.24, 2.45) is 5.41 Å². The van der Waals surface area contributed by atoms with Gasteiger partial charge in [-0.25, -0.2) is 21.1 Å². The predicted molar refractivity (Wildman–Crippen MR) is 113 cm³/mol. The van der Waals surface area contributed by atoms with E-state index >= 15 is 0 Å². The van der Waals surface area contributed by atoms with Gasteiger partial charge in [-0.15, -0.1) is 0 Å². The number of carbonyl (C=O) groups is 1. The molecule has 2 aromatic rings. The van der Waals surface area contributed by atoms with Crippen molar-refractivity contribution < 1.29 is 21.6 Å². The quantitative estimate of drug-likeness (QED) is 0.776. The fourth-order valence-electron chi connectivity index (χ4n) is 3.45. The normalized spacial score (nSPS) is 18.1. The largest absolute Gasteiger partial charge is 0.279 e. The van der Waals surface area contributed by atoms with Crippen LogP contribution in [0.15, 0.2) is 47.4 Å². The molecule has 29 heavy (non-hydrogen) atoms. The second-order valence-corrected chi connectivity index (χ2v) is 11.2. The van der Waals surface area contributed by atoms with E-state index in [4.69, 9.17) is 0 Å². The molecule has 0 aliphatic carbocycles. The van der Waals surface area contributed by atoms with Crippen molar-refractivity contribution in [1.29, 1.82) is 0 Å². The number of amides is 1. The van der Waals surface area contributed by atoms with Crippen LogP contribution in [0.4, 0.5) is 11.4 Å². The monoisotopic (exact) mass is 436 g/mol. The molecule has 2 aromatic carbocycles. The lowest BCUT2D eigenvalue weighted by Crippen LogP contribution is -2.33. The van der Waals surface area contributed by atoms with Crippen LogP contribution in [-0.4, -0.2) is 28.5 Å². The molecule has 1 aliphatic heterocycles. The topological polar surface area (TPSA) is 101 Å². The van der Waals surface area contributed by atoms with E-state index in [0.717, 1.165) is 9.87 Å². The second kappa shape index (κ2) is 7.14. The van der Waals surface area contributed by atoms with Crippen LogP contribution in [-0.2, 0) is 31.3 Å². The third-order valence-corrected chi connectivity index (χ3v) is 8.46. The lowest BCUT2D eigenvalue weighted by molar-refractivity contribution is -0.123. The van der Waals surface area contributed by atoms with E-state index in [1.807, 2.05) is 19.1 Å². The van der Waals surface area contributed by atoms with E-state index in [2.05, 4.69) is 4.72 Å². The number of nitrogens with zero attached hydrogens (tertiary/aromatic N) is 1. The maximum atomic E-state index is 12.9. The molecule has 0 spiro atoms. The van der Waals surface area contributed by atoms with Gasteiger partial charge in [0, 0.05) is 0 Å². The number of hydrogen-bond donors (Lipinski definition) is 1. The molecular formula is C20H24N2O5S2. The first-order valence-electron chi connectivity index (χ1n) is 9.18. The number of sulfonamides is 2.